The summed E-state index contributed by atoms with van der Waals surface area (Å²) in [4.78, 5) is 9.75. The van der Waals surface area contributed by atoms with Crippen molar-refractivity contribution in [1.29, 1.82) is 0 Å². The Hall–Kier alpha value is -1.09. The van der Waals surface area contributed by atoms with Crippen molar-refractivity contribution >= 4 is 5.82 Å². The molecule has 0 unspecified atom stereocenters. The van der Waals surface area contributed by atoms with Crippen molar-refractivity contribution in [2.75, 3.05) is 37.6 Å². The number of nitrogens with zero attached hydrogens (tertiary/aromatic N) is 3. The fraction of sp³-hybridized carbons (Fsp3) is 0.688. The van der Waals surface area contributed by atoms with Crippen LogP contribution in [0.1, 0.15) is 31.4 Å². The topological polar surface area (TPSA) is 19.4 Å². The first-order valence-corrected chi connectivity index (χ1v) is 7.72. The van der Waals surface area contributed by atoms with Crippen LogP contribution < -0.4 is 4.90 Å². The number of likely N-dealkylation sites (tertiary alicyclic amines) is 1. The standard InChI is InChI=1S/C16H25N3/c1-14-5-4-6-16(17-14)19-11-7-15(8-12-19)13-18-9-2-3-10-18/h4-6,15H,2-3,7-13H2,1H3. The largest absolute Gasteiger partial charge is 0.357 e. The summed E-state index contributed by atoms with van der Waals surface area (Å²) in [5, 5.41) is 0. The van der Waals surface area contributed by atoms with Crippen LogP contribution in [0, 0.1) is 12.8 Å². The summed E-state index contributed by atoms with van der Waals surface area (Å²) in [6.07, 6.45) is 5.47. The highest BCUT2D eigenvalue weighted by atomic mass is 15.2. The minimum absolute atomic E-state index is 0.902. The summed E-state index contributed by atoms with van der Waals surface area (Å²) in [6.45, 7) is 8.42. The summed E-state index contributed by atoms with van der Waals surface area (Å²) < 4.78 is 0. The number of piperidine rings is 1. The van der Waals surface area contributed by atoms with Gasteiger partial charge in [-0.25, -0.2) is 4.98 Å². The first-order valence-electron chi connectivity index (χ1n) is 7.72. The molecule has 0 atom stereocenters. The Morgan fingerprint density at radius 1 is 1.11 bits per heavy atom. The van der Waals surface area contributed by atoms with Crippen LogP contribution >= 0.6 is 0 Å². The summed E-state index contributed by atoms with van der Waals surface area (Å²) in [5.41, 5.74) is 1.12. The molecule has 2 saturated heterocycles. The van der Waals surface area contributed by atoms with Crippen molar-refractivity contribution in [3.63, 3.8) is 0 Å². The van der Waals surface area contributed by atoms with Gasteiger partial charge in [0.05, 0.1) is 0 Å². The van der Waals surface area contributed by atoms with E-state index in [9.17, 15) is 0 Å². The van der Waals surface area contributed by atoms with Gasteiger partial charge < -0.3 is 9.80 Å². The first kappa shape index (κ1) is 12.9. The fourth-order valence-corrected chi connectivity index (χ4v) is 3.38. The van der Waals surface area contributed by atoms with Crippen LogP contribution in [0.2, 0.25) is 0 Å². The number of aromatic nitrogens is 1. The molecule has 1 aromatic heterocycles. The van der Waals surface area contributed by atoms with E-state index in [0.717, 1.165) is 11.6 Å². The zero-order chi connectivity index (χ0) is 13.1. The molecule has 0 spiro atoms. The van der Waals surface area contributed by atoms with Gasteiger partial charge in [-0.05, 0) is 63.7 Å². The number of hydrogen-bond acceptors (Lipinski definition) is 3. The van der Waals surface area contributed by atoms with Gasteiger partial charge in [-0.2, -0.15) is 0 Å². The van der Waals surface area contributed by atoms with E-state index in [-0.39, 0.29) is 0 Å². The summed E-state index contributed by atoms with van der Waals surface area (Å²) in [6, 6.07) is 6.34. The van der Waals surface area contributed by atoms with E-state index in [1.54, 1.807) is 0 Å². The second kappa shape index (κ2) is 5.91. The normalized spacial score (nSPS) is 22.1. The molecule has 3 rings (SSSR count). The fourth-order valence-electron chi connectivity index (χ4n) is 3.38. The SMILES string of the molecule is Cc1cccc(N2CCC(CN3CCCC3)CC2)n1. The maximum Gasteiger partial charge on any atom is 0.128 e. The van der Waals surface area contributed by atoms with Gasteiger partial charge in [-0.3, -0.25) is 0 Å². The van der Waals surface area contributed by atoms with E-state index >= 15 is 0 Å². The average molecular weight is 259 g/mol. The number of rotatable bonds is 3. The van der Waals surface area contributed by atoms with Crippen molar-refractivity contribution in [2.24, 2.45) is 5.92 Å². The zero-order valence-corrected chi connectivity index (χ0v) is 12.0. The Balaban J connectivity index is 1.51. The molecule has 19 heavy (non-hydrogen) atoms. The zero-order valence-electron chi connectivity index (χ0n) is 12.0. The second-order valence-corrected chi connectivity index (χ2v) is 6.08. The van der Waals surface area contributed by atoms with Crippen LogP contribution in [0.25, 0.3) is 0 Å². The quantitative estimate of drug-likeness (QED) is 0.832. The molecule has 3 heterocycles. The molecule has 2 fully saturated rings. The lowest BCUT2D eigenvalue weighted by molar-refractivity contribution is 0.249. The van der Waals surface area contributed by atoms with Crippen LogP contribution in [0.5, 0.6) is 0 Å². The molecule has 2 aliphatic heterocycles. The molecule has 0 bridgehead atoms. The Bertz CT molecular complexity index is 404. The molecule has 0 N–H and O–H groups in total. The lowest BCUT2D eigenvalue weighted by Crippen LogP contribution is -2.38. The van der Waals surface area contributed by atoms with Crippen LogP contribution in [0.4, 0.5) is 5.82 Å². The van der Waals surface area contributed by atoms with Crippen molar-refractivity contribution in [3.05, 3.63) is 23.9 Å². The molecule has 0 saturated carbocycles. The minimum Gasteiger partial charge on any atom is -0.357 e. The highest BCUT2D eigenvalue weighted by molar-refractivity contribution is 5.39. The number of anilines is 1. The molecule has 0 amide bonds. The first-order chi connectivity index (χ1) is 9.31. The highest BCUT2D eigenvalue weighted by Gasteiger charge is 2.23. The predicted octanol–water partition coefficient (Wildman–Crippen LogP) is 2.70. The van der Waals surface area contributed by atoms with Gasteiger partial charge in [0.25, 0.3) is 0 Å². The molecular weight excluding hydrogens is 234 g/mol. The molecule has 3 heteroatoms. The van der Waals surface area contributed by atoms with Crippen LogP contribution in [0.15, 0.2) is 18.2 Å². The summed E-state index contributed by atoms with van der Waals surface area (Å²) >= 11 is 0. The van der Waals surface area contributed by atoms with Crippen molar-refractivity contribution < 1.29 is 0 Å². The summed E-state index contributed by atoms with van der Waals surface area (Å²) in [7, 11) is 0. The molecule has 104 valence electrons. The van der Waals surface area contributed by atoms with Gasteiger partial charge in [-0.1, -0.05) is 6.07 Å². The Morgan fingerprint density at radius 3 is 2.53 bits per heavy atom. The van der Waals surface area contributed by atoms with Gasteiger partial charge in [0.15, 0.2) is 0 Å². The lowest BCUT2D eigenvalue weighted by Gasteiger charge is -2.34. The number of aryl methyl sites for hydroxylation is 1. The monoisotopic (exact) mass is 259 g/mol. The van der Waals surface area contributed by atoms with E-state index in [1.165, 1.54) is 64.2 Å². The Kier molecular flexibility index (Phi) is 4.02. The van der Waals surface area contributed by atoms with E-state index in [2.05, 4.69) is 39.9 Å². The Morgan fingerprint density at radius 2 is 1.84 bits per heavy atom. The molecule has 3 nitrogen and oxygen atoms in total. The van der Waals surface area contributed by atoms with E-state index in [0.29, 0.717) is 0 Å². The van der Waals surface area contributed by atoms with Crippen molar-refractivity contribution in [3.8, 4) is 0 Å². The molecule has 0 radical (unpaired) electrons. The van der Waals surface area contributed by atoms with Gasteiger partial charge >= 0.3 is 0 Å². The smallest absolute Gasteiger partial charge is 0.128 e. The van der Waals surface area contributed by atoms with Gasteiger partial charge in [0.1, 0.15) is 5.82 Å². The third kappa shape index (κ3) is 3.27. The van der Waals surface area contributed by atoms with Gasteiger partial charge in [0.2, 0.25) is 0 Å². The van der Waals surface area contributed by atoms with Crippen molar-refractivity contribution in [2.45, 2.75) is 32.6 Å². The third-order valence-corrected chi connectivity index (χ3v) is 4.53. The van der Waals surface area contributed by atoms with E-state index < -0.39 is 0 Å². The number of hydrogen-bond donors (Lipinski definition) is 0. The maximum atomic E-state index is 4.64. The molecule has 2 aliphatic rings. The lowest BCUT2D eigenvalue weighted by atomic mass is 9.96. The van der Waals surface area contributed by atoms with Crippen LogP contribution in [0.3, 0.4) is 0 Å². The second-order valence-electron chi connectivity index (χ2n) is 6.08. The maximum absolute atomic E-state index is 4.64. The Labute approximate surface area is 116 Å². The van der Waals surface area contributed by atoms with Crippen molar-refractivity contribution in [1.82, 2.24) is 9.88 Å². The molecular formula is C16H25N3. The van der Waals surface area contributed by atoms with E-state index in [4.69, 9.17) is 0 Å². The molecule has 0 aliphatic carbocycles. The average Bonchev–Trinajstić information content (AvgIpc) is 2.92. The summed E-state index contributed by atoms with van der Waals surface area (Å²) in [5.74, 6) is 2.07. The van der Waals surface area contributed by atoms with E-state index in [1.807, 2.05) is 0 Å². The minimum atomic E-state index is 0.902. The number of pyridine rings is 1. The van der Waals surface area contributed by atoms with Crippen LogP contribution in [-0.4, -0.2) is 42.6 Å². The van der Waals surface area contributed by atoms with Crippen LogP contribution in [-0.2, 0) is 0 Å². The highest BCUT2D eigenvalue weighted by Crippen LogP contribution is 2.23. The predicted molar refractivity (Wildman–Crippen MR) is 79.6 cm³/mol. The van der Waals surface area contributed by atoms with Gasteiger partial charge in [0, 0.05) is 25.3 Å². The molecule has 1 aromatic rings. The molecule has 0 aromatic carbocycles. The van der Waals surface area contributed by atoms with Gasteiger partial charge in [-0.15, -0.1) is 0 Å². The third-order valence-electron chi connectivity index (χ3n) is 4.53.